The van der Waals surface area contributed by atoms with Crippen molar-refractivity contribution in [2.45, 2.75) is 58.0 Å². The summed E-state index contributed by atoms with van der Waals surface area (Å²) >= 11 is 0. The van der Waals surface area contributed by atoms with Crippen molar-refractivity contribution in [1.29, 1.82) is 0 Å². The molecular formula is C21H28O2. The standard InChI is InChI=1S/C21H28O2/c1-3-13-11-14-12-15(22)5-6-16(14)17-9-10-21(4-2)18(20(13)17)7-8-19(21)23/h3,7,12-13,16-17,19-20,23H,1,4-6,8-11H2,2H3/t13?,16-,17+,19?,20+,21-/m0/s1. The Kier molecular flexibility index (Phi) is 3.64. The average molecular weight is 312 g/mol. The molecule has 0 aromatic carbocycles. The van der Waals surface area contributed by atoms with Gasteiger partial charge in [0.25, 0.3) is 0 Å². The maximum absolute atomic E-state index is 11.8. The van der Waals surface area contributed by atoms with E-state index >= 15 is 0 Å². The molecule has 1 N–H and O–H groups in total. The molecule has 2 unspecified atom stereocenters. The lowest BCUT2D eigenvalue weighted by Crippen LogP contribution is -2.48. The fourth-order valence-electron chi connectivity index (χ4n) is 6.29. The zero-order chi connectivity index (χ0) is 16.2. The number of allylic oxidation sites excluding steroid dienone is 3. The summed E-state index contributed by atoms with van der Waals surface area (Å²) in [7, 11) is 0. The summed E-state index contributed by atoms with van der Waals surface area (Å²) in [6.07, 6.45) is 13.1. The summed E-state index contributed by atoms with van der Waals surface area (Å²) < 4.78 is 0. The van der Waals surface area contributed by atoms with Gasteiger partial charge in [-0.25, -0.2) is 0 Å². The van der Waals surface area contributed by atoms with Crippen LogP contribution in [0.5, 0.6) is 0 Å². The number of hydrogen-bond acceptors (Lipinski definition) is 2. The van der Waals surface area contributed by atoms with Crippen molar-refractivity contribution < 1.29 is 9.90 Å². The van der Waals surface area contributed by atoms with Gasteiger partial charge in [-0.1, -0.05) is 30.2 Å². The second-order valence-corrected chi connectivity index (χ2v) is 8.08. The number of aliphatic hydroxyl groups is 1. The first-order chi connectivity index (χ1) is 11.1. The summed E-state index contributed by atoms with van der Waals surface area (Å²) in [6.45, 7) is 6.35. The minimum Gasteiger partial charge on any atom is -0.392 e. The Morgan fingerprint density at radius 1 is 1.43 bits per heavy atom. The highest BCUT2D eigenvalue weighted by Crippen LogP contribution is 2.62. The zero-order valence-electron chi connectivity index (χ0n) is 14.1. The van der Waals surface area contributed by atoms with Crippen molar-refractivity contribution in [2.24, 2.45) is 29.1 Å². The molecule has 0 heterocycles. The highest BCUT2D eigenvalue weighted by Gasteiger charge is 2.55. The molecule has 0 spiro atoms. The van der Waals surface area contributed by atoms with E-state index in [1.807, 2.05) is 6.08 Å². The average Bonchev–Trinajstić information content (AvgIpc) is 2.90. The van der Waals surface area contributed by atoms with Gasteiger partial charge in [-0.3, -0.25) is 4.79 Å². The van der Waals surface area contributed by atoms with Crippen LogP contribution in [0, 0.1) is 29.1 Å². The fourth-order valence-corrected chi connectivity index (χ4v) is 6.29. The van der Waals surface area contributed by atoms with E-state index < -0.39 is 0 Å². The Bertz CT molecular complexity index is 599. The van der Waals surface area contributed by atoms with Gasteiger partial charge >= 0.3 is 0 Å². The van der Waals surface area contributed by atoms with Crippen LogP contribution in [0.3, 0.4) is 0 Å². The fraction of sp³-hybridized carbons (Fsp3) is 0.667. The smallest absolute Gasteiger partial charge is 0.155 e. The molecule has 0 saturated heterocycles. The summed E-state index contributed by atoms with van der Waals surface area (Å²) in [6, 6.07) is 0. The van der Waals surface area contributed by atoms with Gasteiger partial charge in [0.05, 0.1) is 6.10 Å². The van der Waals surface area contributed by atoms with Crippen molar-refractivity contribution in [3.8, 4) is 0 Å². The van der Waals surface area contributed by atoms with Gasteiger partial charge in [0.2, 0.25) is 0 Å². The van der Waals surface area contributed by atoms with Crippen LogP contribution in [0.1, 0.15) is 51.9 Å². The molecule has 23 heavy (non-hydrogen) atoms. The molecule has 0 aliphatic heterocycles. The van der Waals surface area contributed by atoms with Gasteiger partial charge in [0.15, 0.2) is 5.78 Å². The van der Waals surface area contributed by atoms with E-state index in [1.165, 1.54) is 17.6 Å². The molecule has 0 aromatic rings. The van der Waals surface area contributed by atoms with Gasteiger partial charge < -0.3 is 5.11 Å². The Morgan fingerprint density at radius 2 is 2.26 bits per heavy atom. The number of fused-ring (bicyclic) bond motifs is 5. The monoisotopic (exact) mass is 312 g/mol. The molecule has 0 radical (unpaired) electrons. The molecular weight excluding hydrogens is 284 g/mol. The number of rotatable bonds is 2. The van der Waals surface area contributed by atoms with Crippen LogP contribution in [-0.4, -0.2) is 17.0 Å². The second kappa shape index (κ2) is 5.44. The van der Waals surface area contributed by atoms with Crippen LogP contribution < -0.4 is 0 Å². The van der Waals surface area contributed by atoms with E-state index in [1.54, 1.807) is 0 Å². The van der Waals surface area contributed by atoms with Gasteiger partial charge in [-0.15, -0.1) is 6.58 Å². The van der Waals surface area contributed by atoms with Gasteiger partial charge in [-0.05, 0) is 68.3 Å². The molecule has 124 valence electrons. The first-order valence-electron chi connectivity index (χ1n) is 9.35. The van der Waals surface area contributed by atoms with E-state index in [0.29, 0.717) is 29.5 Å². The molecule has 0 amide bonds. The van der Waals surface area contributed by atoms with Crippen LogP contribution in [0.25, 0.3) is 0 Å². The molecule has 4 rings (SSSR count). The highest BCUT2D eigenvalue weighted by molar-refractivity contribution is 5.91. The normalized spacial score (nSPS) is 45.5. The zero-order valence-corrected chi connectivity index (χ0v) is 14.1. The molecule has 0 bridgehead atoms. The Balaban J connectivity index is 1.75. The SMILES string of the molecule is C=CC1CC2=CC(=O)CC[C@@H]2[C@H]2CC[C@@]3(CC)C(=CCC3O)[C@H]12. The predicted octanol–water partition coefficient (Wildman–Crippen LogP) is 4.21. The lowest BCUT2D eigenvalue weighted by atomic mass is 9.50. The number of hydrogen-bond donors (Lipinski definition) is 1. The van der Waals surface area contributed by atoms with Crippen LogP contribution in [-0.2, 0) is 4.79 Å². The third-order valence-electron chi connectivity index (χ3n) is 7.43. The Labute approximate surface area is 139 Å². The van der Waals surface area contributed by atoms with Crippen molar-refractivity contribution in [2.75, 3.05) is 0 Å². The number of aliphatic hydroxyl groups excluding tert-OH is 1. The minimum absolute atomic E-state index is 0.0220. The first kappa shape index (κ1) is 15.4. The summed E-state index contributed by atoms with van der Waals surface area (Å²) in [5.74, 6) is 2.50. The second-order valence-electron chi connectivity index (χ2n) is 8.08. The van der Waals surface area contributed by atoms with Crippen molar-refractivity contribution >= 4 is 5.78 Å². The highest BCUT2D eigenvalue weighted by atomic mass is 16.3. The molecule has 4 aliphatic rings. The number of ketones is 1. The van der Waals surface area contributed by atoms with Crippen molar-refractivity contribution in [1.82, 2.24) is 0 Å². The Morgan fingerprint density at radius 3 is 3.00 bits per heavy atom. The van der Waals surface area contributed by atoms with E-state index in [9.17, 15) is 9.90 Å². The third-order valence-corrected chi connectivity index (χ3v) is 7.43. The van der Waals surface area contributed by atoms with Crippen molar-refractivity contribution in [3.63, 3.8) is 0 Å². The number of carbonyl (C=O) groups is 1. The summed E-state index contributed by atoms with van der Waals surface area (Å²) in [4.78, 5) is 11.8. The molecule has 4 aliphatic carbocycles. The van der Waals surface area contributed by atoms with Crippen molar-refractivity contribution in [3.05, 3.63) is 36.0 Å². The molecule has 2 nitrogen and oxygen atoms in total. The molecule has 6 atom stereocenters. The lowest BCUT2D eigenvalue weighted by molar-refractivity contribution is -0.115. The van der Waals surface area contributed by atoms with Crippen LogP contribution in [0.15, 0.2) is 36.0 Å². The van der Waals surface area contributed by atoms with Gasteiger partial charge in [0.1, 0.15) is 0 Å². The topological polar surface area (TPSA) is 37.3 Å². The lowest BCUT2D eigenvalue weighted by Gasteiger charge is -2.54. The van der Waals surface area contributed by atoms with Gasteiger partial charge in [0, 0.05) is 11.8 Å². The maximum atomic E-state index is 11.8. The predicted molar refractivity (Wildman–Crippen MR) is 91.8 cm³/mol. The largest absolute Gasteiger partial charge is 0.392 e. The molecule has 0 aromatic heterocycles. The quantitative estimate of drug-likeness (QED) is 0.776. The third kappa shape index (κ3) is 2.07. The maximum Gasteiger partial charge on any atom is 0.155 e. The Hall–Kier alpha value is -1.15. The molecule has 2 fully saturated rings. The number of carbonyl (C=O) groups excluding carboxylic acids is 1. The van der Waals surface area contributed by atoms with E-state index in [4.69, 9.17) is 0 Å². The van der Waals surface area contributed by atoms with Crippen LogP contribution in [0.2, 0.25) is 0 Å². The van der Waals surface area contributed by atoms with Gasteiger partial charge in [-0.2, -0.15) is 0 Å². The van der Waals surface area contributed by atoms with Crippen LogP contribution in [0.4, 0.5) is 0 Å². The summed E-state index contributed by atoms with van der Waals surface area (Å²) in [5, 5.41) is 10.7. The van der Waals surface area contributed by atoms with E-state index in [-0.39, 0.29) is 11.5 Å². The van der Waals surface area contributed by atoms with Crippen LogP contribution >= 0.6 is 0 Å². The van der Waals surface area contributed by atoms with E-state index in [2.05, 4.69) is 25.7 Å². The first-order valence-corrected chi connectivity index (χ1v) is 9.35. The minimum atomic E-state index is -0.196. The molecule has 2 heteroatoms. The molecule has 2 saturated carbocycles. The summed E-state index contributed by atoms with van der Waals surface area (Å²) in [5.41, 5.74) is 2.94. The van der Waals surface area contributed by atoms with E-state index in [0.717, 1.165) is 38.5 Å².